The van der Waals surface area contributed by atoms with Crippen LogP contribution in [0.5, 0.6) is 0 Å². The SMILES string of the molecule is CCC(O)(CC)CNCCN(C(=O)OC(C)(C)C)C(C)(C)C. The molecule has 0 rings (SSSR count). The summed E-state index contributed by atoms with van der Waals surface area (Å²) in [5, 5.41) is 13.5. The van der Waals surface area contributed by atoms with Crippen molar-refractivity contribution in [3.05, 3.63) is 0 Å². The molecule has 5 heteroatoms. The third-order valence-corrected chi connectivity index (χ3v) is 3.71. The zero-order valence-electron chi connectivity index (χ0n) is 15.7. The van der Waals surface area contributed by atoms with Gasteiger partial charge in [-0.1, -0.05) is 13.8 Å². The molecule has 132 valence electrons. The first-order valence-corrected chi connectivity index (χ1v) is 8.28. The third kappa shape index (κ3) is 7.99. The smallest absolute Gasteiger partial charge is 0.410 e. The number of nitrogens with zero attached hydrogens (tertiary/aromatic N) is 1. The van der Waals surface area contributed by atoms with Crippen molar-refractivity contribution in [1.29, 1.82) is 0 Å². The lowest BCUT2D eigenvalue weighted by molar-refractivity contribution is 0.00525. The van der Waals surface area contributed by atoms with Gasteiger partial charge in [0.1, 0.15) is 5.60 Å². The highest BCUT2D eigenvalue weighted by molar-refractivity contribution is 5.69. The van der Waals surface area contributed by atoms with Crippen molar-refractivity contribution in [3.8, 4) is 0 Å². The Hall–Kier alpha value is -0.810. The maximum absolute atomic E-state index is 12.3. The maximum atomic E-state index is 12.3. The second-order valence-corrected chi connectivity index (χ2v) is 7.91. The van der Waals surface area contributed by atoms with Gasteiger partial charge >= 0.3 is 6.09 Å². The number of ether oxygens (including phenoxy) is 1. The summed E-state index contributed by atoms with van der Waals surface area (Å²) in [7, 11) is 0. The quantitative estimate of drug-likeness (QED) is 0.708. The lowest BCUT2D eigenvalue weighted by Crippen LogP contribution is -2.51. The van der Waals surface area contributed by atoms with E-state index in [9.17, 15) is 9.90 Å². The van der Waals surface area contributed by atoms with E-state index in [2.05, 4.69) is 5.32 Å². The molecule has 0 atom stereocenters. The van der Waals surface area contributed by atoms with E-state index in [4.69, 9.17) is 4.74 Å². The van der Waals surface area contributed by atoms with Crippen molar-refractivity contribution in [2.45, 2.75) is 85.0 Å². The Morgan fingerprint density at radius 1 is 1.09 bits per heavy atom. The van der Waals surface area contributed by atoms with Gasteiger partial charge in [-0.25, -0.2) is 4.79 Å². The average molecular weight is 316 g/mol. The molecule has 0 aliphatic heterocycles. The normalized spacial score (nSPS) is 13.1. The summed E-state index contributed by atoms with van der Waals surface area (Å²) in [5.41, 5.74) is -1.48. The van der Waals surface area contributed by atoms with E-state index in [-0.39, 0.29) is 11.6 Å². The molecule has 0 saturated carbocycles. The molecule has 0 unspecified atom stereocenters. The van der Waals surface area contributed by atoms with Crippen LogP contribution in [0.15, 0.2) is 0 Å². The van der Waals surface area contributed by atoms with Crippen molar-refractivity contribution in [3.63, 3.8) is 0 Å². The van der Waals surface area contributed by atoms with Crippen molar-refractivity contribution in [2.75, 3.05) is 19.6 Å². The fourth-order valence-corrected chi connectivity index (χ4v) is 2.03. The lowest BCUT2D eigenvalue weighted by atomic mass is 9.98. The Bertz CT molecular complexity index is 339. The average Bonchev–Trinajstić information content (AvgIpc) is 2.34. The molecule has 0 spiro atoms. The highest BCUT2D eigenvalue weighted by atomic mass is 16.6. The summed E-state index contributed by atoms with van der Waals surface area (Å²) in [6.07, 6.45) is 1.12. The molecular formula is C17H36N2O3. The van der Waals surface area contributed by atoms with E-state index in [1.807, 2.05) is 55.4 Å². The molecule has 0 aliphatic rings. The summed E-state index contributed by atoms with van der Waals surface area (Å²) in [6, 6.07) is 0. The summed E-state index contributed by atoms with van der Waals surface area (Å²) >= 11 is 0. The van der Waals surface area contributed by atoms with Crippen LogP contribution in [0.3, 0.4) is 0 Å². The molecule has 0 heterocycles. The minimum Gasteiger partial charge on any atom is -0.444 e. The Labute approximate surface area is 136 Å². The van der Waals surface area contributed by atoms with E-state index >= 15 is 0 Å². The molecule has 0 aromatic rings. The Kier molecular flexibility index (Phi) is 7.86. The molecule has 0 aromatic heterocycles. The van der Waals surface area contributed by atoms with Crippen LogP contribution < -0.4 is 5.32 Å². The zero-order chi connectivity index (χ0) is 17.6. The highest BCUT2D eigenvalue weighted by Crippen LogP contribution is 2.18. The first-order valence-electron chi connectivity index (χ1n) is 8.28. The molecule has 22 heavy (non-hydrogen) atoms. The molecule has 0 bridgehead atoms. The van der Waals surface area contributed by atoms with Gasteiger partial charge in [0.25, 0.3) is 0 Å². The summed E-state index contributed by atoms with van der Waals surface area (Å²) in [6.45, 7) is 17.2. The fraction of sp³-hybridized carbons (Fsp3) is 0.941. The van der Waals surface area contributed by atoms with Gasteiger partial charge in [0, 0.05) is 25.2 Å². The van der Waals surface area contributed by atoms with Crippen LogP contribution >= 0.6 is 0 Å². The van der Waals surface area contributed by atoms with Crippen molar-refractivity contribution in [1.82, 2.24) is 10.2 Å². The van der Waals surface area contributed by atoms with Crippen LogP contribution in [0, 0.1) is 0 Å². The third-order valence-electron chi connectivity index (χ3n) is 3.71. The van der Waals surface area contributed by atoms with Crippen LogP contribution in [0.1, 0.15) is 68.2 Å². The second kappa shape index (κ2) is 8.16. The molecule has 0 aromatic carbocycles. The molecule has 5 nitrogen and oxygen atoms in total. The Morgan fingerprint density at radius 2 is 1.59 bits per heavy atom. The number of carbonyl (C=O) groups excluding carboxylic acids is 1. The number of rotatable bonds is 7. The van der Waals surface area contributed by atoms with Crippen molar-refractivity contribution in [2.24, 2.45) is 0 Å². The van der Waals surface area contributed by atoms with Gasteiger partial charge in [0.15, 0.2) is 0 Å². The highest BCUT2D eigenvalue weighted by Gasteiger charge is 2.30. The maximum Gasteiger partial charge on any atom is 0.410 e. The molecular weight excluding hydrogens is 280 g/mol. The second-order valence-electron chi connectivity index (χ2n) is 7.91. The molecule has 0 aliphatic carbocycles. The van der Waals surface area contributed by atoms with Crippen LogP contribution in [-0.4, -0.2) is 52.5 Å². The van der Waals surface area contributed by atoms with Gasteiger partial charge in [-0.15, -0.1) is 0 Å². The topological polar surface area (TPSA) is 61.8 Å². The number of hydrogen-bond donors (Lipinski definition) is 2. The van der Waals surface area contributed by atoms with Crippen LogP contribution in [0.2, 0.25) is 0 Å². The minimum atomic E-state index is -0.668. The Morgan fingerprint density at radius 3 is 1.95 bits per heavy atom. The minimum absolute atomic E-state index is 0.303. The van der Waals surface area contributed by atoms with Gasteiger partial charge < -0.3 is 20.1 Å². The first kappa shape index (κ1) is 21.2. The Balaban J connectivity index is 4.55. The summed E-state index contributed by atoms with van der Waals surface area (Å²) in [4.78, 5) is 14.1. The number of amides is 1. The number of hydrogen-bond acceptors (Lipinski definition) is 4. The van der Waals surface area contributed by atoms with Gasteiger partial charge in [-0.05, 0) is 54.4 Å². The summed E-state index contributed by atoms with van der Waals surface area (Å²) in [5.74, 6) is 0. The van der Waals surface area contributed by atoms with Crippen LogP contribution in [0.25, 0.3) is 0 Å². The fourth-order valence-electron chi connectivity index (χ4n) is 2.03. The van der Waals surface area contributed by atoms with Crippen LogP contribution in [0.4, 0.5) is 4.79 Å². The zero-order valence-corrected chi connectivity index (χ0v) is 15.7. The molecule has 1 amide bonds. The summed E-state index contributed by atoms with van der Waals surface area (Å²) < 4.78 is 5.48. The number of nitrogens with one attached hydrogen (secondary N) is 1. The lowest BCUT2D eigenvalue weighted by Gasteiger charge is -2.37. The van der Waals surface area contributed by atoms with E-state index in [1.54, 1.807) is 4.90 Å². The van der Waals surface area contributed by atoms with Gasteiger partial charge in [0.2, 0.25) is 0 Å². The predicted octanol–water partition coefficient (Wildman–Crippen LogP) is 3.16. The monoisotopic (exact) mass is 316 g/mol. The van der Waals surface area contributed by atoms with E-state index in [0.717, 1.165) is 0 Å². The molecule has 2 N–H and O–H groups in total. The van der Waals surface area contributed by atoms with Crippen molar-refractivity contribution < 1.29 is 14.6 Å². The molecule has 0 radical (unpaired) electrons. The van der Waals surface area contributed by atoms with E-state index in [1.165, 1.54) is 0 Å². The van der Waals surface area contributed by atoms with E-state index < -0.39 is 11.2 Å². The van der Waals surface area contributed by atoms with Crippen LogP contribution in [-0.2, 0) is 4.74 Å². The van der Waals surface area contributed by atoms with Crippen molar-refractivity contribution >= 4 is 6.09 Å². The number of aliphatic hydroxyl groups is 1. The predicted molar refractivity (Wildman–Crippen MR) is 91.1 cm³/mol. The molecule has 0 saturated heterocycles. The standard InChI is InChI=1S/C17H36N2O3/c1-9-17(21,10-2)13-18-11-12-19(15(3,4)5)14(20)22-16(6,7)8/h18,21H,9-13H2,1-8H3. The number of carbonyl (C=O) groups is 1. The first-order chi connectivity index (χ1) is 9.84. The van der Waals surface area contributed by atoms with Gasteiger partial charge in [0.05, 0.1) is 5.60 Å². The van der Waals surface area contributed by atoms with E-state index in [0.29, 0.717) is 32.5 Å². The molecule has 0 fully saturated rings. The van der Waals surface area contributed by atoms with Gasteiger partial charge in [-0.2, -0.15) is 0 Å². The van der Waals surface area contributed by atoms with Gasteiger partial charge in [-0.3, -0.25) is 0 Å². The largest absolute Gasteiger partial charge is 0.444 e.